The molecule has 1 aliphatic heterocycles. The van der Waals surface area contributed by atoms with Crippen LogP contribution in [0.15, 0.2) is 18.3 Å². The molecule has 6 heteroatoms. The van der Waals surface area contributed by atoms with Crippen LogP contribution >= 0.6 is 0 Å². The van der Waals surface area contributed by atoms with Crippen LogP contribution in [0.2, 0.25) is 0 Å². The molecule has 0 radical (unpaired) electrons. The van der Waals surface area contributed by atoms with Crippen molar-refractivity contribution in [3.8, 4) is 5.75 Å². The van der Waals surface area contributed by atoms with Gasteiger partial charge >= 0.3 is 0 Å². The van der Waals surface area contributed by atoms with Crippen LogP contribution in [-0.4, -0.2) is 58.8 Å². The van der Waals surface area contributed by atoms with E-state index < -0.39 is 0 Å². The fourth-order valence-corrected chi connectivity index (χ4v) is 2.49. The number of nitrogens with one attached hydrogen (secondary N) is 1. The van der Waals surface area contributed by atoms with Gasteiger partial charge in [-0.1, -0.05) is 0 Å². The van der Waals surface area contributed by atoms with Crippen molar-refractivity contribution in [2.75, 3.05) is 32.8 Å². The van der Waals surface area contributed by atoms with Crippen molar-refractivity contribution >= 4 is 5.91 Å². The molecule has 1 aliphatic rings. The summed E-state index contributed by atoms with van der Waals surface area (Å²) in [6.45, 7) is 3.36. The van der Waals surface area contributed by atoms with Crippen molar-refractivity contribution < 1.29 is 15.0 Å². The van der Waals surface area contributed by atoms with E-state index in [9.17, 15) is 9.90 Å². The lowest BCUT2D eigenvalue weighted by Gasteiger charge is -2.31. The zero-order valence-corrected chi connectivity index (χ0v) is 11.5. The Morgan fingerprint density at radius 1 is 1.55 bits per heavy atom. The van der Waals surface area contributed by atoms with Crippen molar-refractivity contribution in [1.82, 2.24) is 15.2 Å². The smallest absolute Gasteiger partial charge is 0.273 e. The van der Waals surface area contributed by atoms with Gasteiger partial charge in [0.15, 0.2) is 5.69 Å². The SMILES string of the molecule is O=C(NCCN1CCC[C@@H](CO)C1)c1ncccc1O. The second-order valence-electron chi connectivity index (χ2n) is 5.12. The van der Waals surface area contributed by atoms with Crippen molar-refractivity contribution in [3.63, 3.8) is 0 Å². The van der Waals surface area contributed by atoms with E-state index in [0.717, 1.165) is 32.5 Å². The van der Waals surface area contributed by atoms with E-state index in [-0.39, 0.29) is 24.0 Å². The summed E-state index contributed by atoms with van der Waals surface area (Å²) in [4.78, 5) is 17.9. The average Bonchev–Trinajstić information content (AvgIpc) is 2.48. The summed E-state index contributed by atoms with van der Waals surface area (Å²) in [6, 6.07) is 3.02. The summed E-state index contributed by atoms with van der Waals surface area (Å²) in [5.41, 5.74) is 0.0550. The molecule has 1 atom stereocenters. The van der Waals surface area contributed by atoms with Crippen LogP contribution in [0.25, 0.3) is 0 Å². The minimum absolute atomic E-state index is 0.0550. The van der Waals surface area contributed by atoms with Gasteiger partial charge in [-0.05, 0) is 37.4 Å². The topological polar surface area (TPSA) is 85.7 Å². The lowest BCUT2D eigenvalue weighted by Crippen LogP contribution is -2.41. The molecule has 2 heterocycles. The highest BCUT2D eigenvalue weighted by Crippen LogP contribution is 2.15. The van der Waals surface area contributed by atoms with Gasteiger partial charge in [-0.25, -0.2) is 4.98 Å². The highest BCUT2D eigenvalue weighted by atomic mass is 16.3. The maximum atomic E-state index is 11.8. The lowest BCUT2D eigenvalue weighted by atomic mass is 9.99. The van der Waals surface area contributed by atoms with Crippen molar-refractivity contribution in [1.29, 1.82) is 0 Å². The number of nitrogens with zero attached hydrogens (tertiary/aromatic N) is 2. The predicted molar refractivity (Wildman–Crippen MR) is 74.5 cm³/mol. The number of amides is 1. The Hall–Kier alpha value is -1.66. The van der Waals surface area contributed by atoms with Crippen LogP contribution < -0.4 is 5.32 Å². The number of pyridine rings is 1. The van der Waals surface area contributed by atoms with E-state index in [1.54, 1.807) is 6.07 Å². The molecule has 0 bridgehead atoms. The zero-order chi connectivity index (χ0) is 14.4. The zero-order valence-electron chi connectivity index (χ0n) is 11.5. The molecule has 1 aromatic heterocycles. The summed E-state index contributed by atoms with van der Waals surface area (Å²) >= 11 is 0. The molecular weight excluding hydrogens is 258 g/mol. The Kier molecular flexibility index (Phi) is 5.31. The Bertz CT molecular complexity index is 453. The molecule has 0 spiro atoms. The van der Waals surface area contributed by atoms with Gasteiger partial charge in [0.05, 0.1) is 0 Å². The Morgan fingerprint density at radius 2 is 2.40 bits per heavy atom. The first-order chi connectivity index (χ1) is 9.70. The van der Waals surface area contributed by atoms with Gasteiger partial charge in [0.1, 0.15) is 5.75 Å². The lowest BCUT2D eigenvalue weighted by molar-refractivity contribution is 0.0923. The van der Waals surface area contributed by atoms with Gasteiger partial charge in [-0.3, -0.25) is 4.79 Å². The van der Waals surface area contributed by atoms with Crippen LogP contribution in [-0.2, 0) is 0 Å². The third kappa shape index (κ3) is 3.91. The molecule has 0 saturated carbocycles. The third-order valence-electron chi connectivity index (χ3n) is 3.58. The molecule has 1 saturated heterocycles. The fraction of sp³-hybridized carbons (Fsp3) is 0.571. The molecule has 20 heavy (non-hydrogen) atoms. The summed E-state index contributed by atoms with van der Waals surface area (Å²) in [6.07, 6.45) is 3.63. The van der Waals surface area contributed by atoms with Crippen molar-refractivity contribution in [2.45, 2.75) is 12.8 Å². The second-order valence-corrected chi connectivity index (χ2v) is 5.12. The first-order valence-corrected chi connectivity index (χ1v) is 6.96. The number of piperidine rings is 1. The maximum absolute atomic E-state index is 11.8. The quantitative estimate of drug-likeness (QED) is 0.718. The van der Waals surface area contributed by atoms with Crippen LogP contribution in [0.1, 0.15) is 23.3 Å². The summed E-state index contributed by atoms with van der Waals surface area (Å²) in [5.74, 6) is -0.124. The van der Waals surface area contributed by atoms with Gasteiger partial charge in [0.25, 0.3) is 5.91 Å². The van der Waals surface area contributed by atoms with Crippen molar-refractivity contribution in [2.24, 2.45) is 5.92 Å². The van der Waals surface area contributed by atoms with E-state index in [2.05, 4.69) is 15.2 Å². The number of hydrogen-bond donors (Lipinski definition) is 3. The Labute approximate surface area is 118 Å². The number of carbonyl (C=O) groups excluding carboxylic acids is 1. The van der Waals surface area contributed by atoms with Gasteiger partial charge in [-0.15, -0.1) is 0 Å². The van der Waals surface area contributed by atoms with Crippen molar-refractivity contribution in [3.05, 3.63) is 24.0 Å². The van der Waals surface area contributed by atoms with E-state index >= 15 is 0 Å². The largest absolute Gasteiger partial charge is 0.505 e. The normalized spacial score (nSPS) is 19.8. The third-order valence-corrected chi connectivity index (χ3v) is 3.58. The van der Waals surface area contributed by atoms with E-state index in [1.807, 2.05) is 0 Å². The van der Waals surface area contributed by atoms with Gasteiger partial charge in [-0.2, -0.15) is 0 Å². The van der Waals surface area contributed by atoms with Crippen LogP contribution in [0.5, 0.6) is 5.75 Å². The van der Waals surface area contributed by atoms with E-state index in [4.69, 9.17) is 5.11 Å². The number of hydrogen-bond acceptors (Lipinski definition) is 5. The molecular formula is C14H21N3O3. The second kappa shape index (κ2) is 7.21. The number of likely N-dealkylation sites (tertiary alicyclic amines) is 1. The molecule has 110 valence electrons. The Morgan fingerprint density at radius 3 is 3.15 bits per heavy atom. The van der Waals surface area contributed by atoms with Crippen LogP contribution in [0.4, 0.5) is 0 Å². The van der Waals surface area contributed by atoms with E-state index in [1.165, 1.54) is 12.3 Å². The highest BCUT2D eigenvalue weighted by molar-refractivity contribution is 5.94. The number of aromatic hydroxyl groups is 1. The number of carbonyl (C=O) groups is 1. The number of aliphatic hydroxyl groups excluding tert-OH is 1. The standard InChI is InChI=1S/C14H21N3O3/c18-10-11-3-2-7-17(9-11)8-6-16-14(20)13-12(19)4-1-5-15-13/h1,4-5,11,18-19H,2-3,6-10H2,(H,16,20)/t11-/m1/s1. The molecule has 1 fully saturated rings. The monoisotopic (exact) mass is 279 g/mol. The van der Waals surface area contributed by atoms with Gasteiger partial charge in [0, 0.05) is 32.4 Å². The van der Waals surface area contributed by atoms with Gasteiger partial charge in [0.2, 0.25) is 0 Å². The van der Waals surface area contributed by atoms with Gasteiger partial charge < -0.3 is 20.4 Å². The molecule has 0 aliphatic carbocycles. The molecule has 3 N–H and O–H groups in total. The maximum Gasteiger partial charge on any atom is 0.273 e. The first kappa shape index (κ1) is 14.7. The van der Waals surface area contributed by atoms with Crippen LogP contribution in [0.3, 0.4) is 0 Å². The molecule has 6 nitrogen and oxygen atoms in total. The fourth-order valence-electron chi connectivity index (χ4n) is 2.49. The molecule has 1 amide bonds. The molecule has 2 rings (SSSR count). The minimum atomic E-state index is -0.362. The average molecular weight is 279 g/mol. The number of aromatic nitrogens is 1. The number of rotatable bonds is 5. The minimum Gasteiger partial charge on any atom is -0.505 e. The van der Waals surface area contributed by atoms with Crippen LogP contribution in [0, 0.1) is 5.92 Å². The van der Waals surface area contributed by atoms with E-state index in [0.29, 0.717) is 12.5 Å². The number of aliphatic hydroxyl groups is 1. The highest BCUT2D eigenvalue weighted by Gasteiger charge is 2.19. The predicted octanol–water partition coefficient (Wildman–Crippen LogP) is 0.221. The molecule has 0 aromatic carbocycles. The summed E-state index contributed by atoms with van der Waals surface area (Å²) in [7, 11) is 0. The Balaban J connectivity index is 1.76. The molecule has 0 unspecified atom stereocenters. The summed E-state index contributed by atoms with van der Waals surface area (Å²) in [5, 5.41) is 21.5. The summed E-state index contributed by atoms with van der Waals surface area (Å²) < 4.78 is 0. The first-order valence-electron chi connectivity index (χ1n) is 6.96. The molecule has 1 aromatic rings.